The molecule has 0 radical (unpaired) electrons. The summed E-state index contributed by atoms with van der Waals surface area (Å²) in [6.45, 7) is 9.04. The summed E-state index contributed by atoms with van der Waals surface area (Å²) in [5, 5.41) is 17.6. The molecule has 0 amide bonds. The van der Waals surface area contributed by atoms with Crippen LogP contribution in [0.3, 0.4) is 0 Å². The molecule has 1 fully saturated rings. The Morgan fingerprint density at radius 2 is 2.00 bits per heavy atom. The topological polar surface area (TPSA) is 66.2 Å². The van der Waals surface area contributed by atoms with Crippen LogP contribution in [0.1, 0.15) is 11.6 Å². The first kappa shape index (κ1) is 12.5. The minimum absolute atomic E-state index is 0.382. The van der Waals surface area contributed by atoms with Crippen LogP contribution in [0.5, 0.6) is 0 Å². The van der Waals surface area contributed by atoms with Gasteiger partial charge in [-0.1, -0.05) is 0 Å². The van der Waals surface area contributed by atoms with Gasteiger partial charge in [-0.15, -0.1) is 0 Å². The van der Waals surface area contributed by atoms with Crippen molar-refractivity contribution < 1.29 is 5.11 Å². The van der Waals surface area contributed by atoms with Gasteiger partial charge >= 0.3 is 0 Å². The van der Waals surface area contributed by atoms with Gasteiger partial charge in [0.2, 0.25) is 0 Å². The number of hydrogen-bond acceptors (Lipinski definition) is 5. The van der Waals surface area contributed by atoms with Crippen LogP contribution in [0.15, 0.2) is 0 Å². The zero-order chi connectivity index (χ0) is 12.3. The highest BCUT2D eigenvalue weighted by Crippen LogP contribution is 2.01. The molecule has 2 rings (SSSR count). The molecular formula is C11H21N5O. The summed E-state index contributed by atoms with van der Waals surface area (Å²) in [4.78, 5) is 6.51. The van der Waals surface area contributed by atoms with Gasteiger partial charge in [0.1, 0.15) is 11.6 Å². The second kappa shape index (κ2) is 5.57. The molecule has 1 aromatic heterocycles. The highest BCUT2D eigenvalue weighted by molar-refractivity contribution is 4.88. The quantitative estimate of drug-likeness (QED) is 0.717. The normalized spacial score (nSPS) is 19.5. The van der Waals surface area contributed by atoms with E-state index in [1.165, 1.54) is 0 Å². The van der Waals surface area contributed by atoms with Gasteiger partial charge in [0.05, 0.1) is 12.6 Å². The lowest BCUT2D eigenvalue weighted by molar-refractivity contribution is 0.0882. The molecule has 0 aromatic carbocycles. The Kier molecular flexibility index (Phi) is 4.09. The smallest absolute Gasteiger partial charge is 0.147 e. The first-order valence-electron chi connectivity index (χ1n) is 6.14. The molecule has 1 unspecified atom stereocenters. The van der Waals surface area contributed by atoms with Crippen molar-refractivity contribution in [2.75, 3.05) is 32.7 Å². The van der Waals surface area contributed by atoms with E-state index in [9.17, 15) is 5.11 Å². The summed E-state index contributed by atoms with van der Waals surface area (Å²) in [6, 6.07) is 0. The summed E-state index contributed by atoms with van der Waals surface area (Å²) in [6.07, 6.45) is -0.382. The summed E-state index contributed by atoms with van der Waals surface area (Å²) in [5.41, 5.74) is 0. The molecule has 1 atom stereocenters. The molecule has 1 aliphatic rings. The maximum Gasteiger partial charge on any atom is 0.147 e. The first-order chi connectivity index (χ1) is 8.15. The van der Waals surface area contributed by atoms with Gasteiger partial charge < -0.3 is 10.4 Å². The Balaban J connectivity index is 1.83. The third-order valence-electron chi connectivity index (χ3n) is 3.02. The fourth-order valence-electron chi connectivity index (χ4n) is 2.18. The van der Waals surface area contributed by atoms with E-state index in [-0.39, 0.29) is 6.10 Å². The van der Waals surface area contributed by atoms with E-state index in [0.29, 0.717) is 13.1 Å². The Morgan fingerprint density at radius 3 is 2.59 bits per heavy atom. The van der Waals surface area contributed by atoms with Crippen LogP contribution in [-0.4, -0.2) is 63.6 Å². The Hall–Kier alpha value is -0.980. The average molecular weight is 239 g/mol. The fourth-order valence-corrected chi connectivity index (χ4v) is 2.18. The minimum Gasteiger partial charge on any atom is -0.390 e. The second-order valence-corrected chi connectivity index (χ2v) is 4.59. The number of rotatable bonds is 4. The van der Waals surface area contributed by atoms with Gasteiger partial charge in [-0.05, 0) is 13.8 Å². The zero-order valence-corrected chi connectivity index (χ0v) is 10.6. The third-order valence-corrected chi connectivity index (χ3v) is 3.02. The van der Waals surface area contributed by atoms with E-state index in [4.69, 9.17) is 0 Å². The second-order valence-electron chi connectivity index (χ2n) is 4.59. The minimum atomic E-state index is -0.382. The molecule has 2 N–H and O–H groups in total. The van der Waals surface area contributed by atoms with Crippen molar-refractivity contribution in [3.63, 3.8) is 0 Å². The summed E-state index contributed by atoms with van der Waals surface area (Å²) >= 11 is 0. The van der Waals surface area contributed by atoms with Crippen LogP contribution in [-0.2, 0) is 6.54 Å². The van der Waals surface area contributed by atoms with E-state index < -0.39 is 0 Å². The number of nitrogens with zero attached hydrogens (tertiary/aromatic N) is 4. The third kappa shape index (κ3) is 3.49. The summed E-state index contributed by atoms with van der Waals surface area (Å²) < 4.78 is 1.78. The number of β-amino-alcohol motifs (C(OH)–C–C–N with tert-alkyl or cyclic N) is 1. The Labute approximate surface area is 102 Å². The van der Waals surface area contributed by atoms with Crippen LogP contribution in [0.2, 0.25) is 0 Å². The van der Waals surface area contributed by atoms with Crippen molar-refractivity contribution >= 4 is 0 Å². The van der Waals surface area contributed by atoms with Crippen molar-refractivity contribution in [2.45, 2.75) is 26.5 Å². The van der Waals surface area contributed by atoms with Crippen LogP contribution in [0, 0.1) is 13.8 Å². The highest BCUT2D eigenvalue weighted by Gasteiger charge is 2.15. The molecule has 0 spiro atoms. The Bertz CT molecular complexity index is 359. The number of aryl methyl sites for hydroxylation is 2. The molecule has 1 aliphatic heterocycles. The van der Waals surface area contributed by atoms with Crippen LogP contribution >= 0.6 is 0 Å². The van der Waals surface area contributed by atoms with Crippen molar-refractivity contribution in [3.05, 3.63) is 11.6 Å². The number of aliphatic hydroxyl groups excluding tert-OH is 1. The van der Waals surface area contributed by atoms with Gasteiger partial charge in [-0.25, -0.2) is 9.67 Å². The molecule has 0 saturated carbocycles. The number of nitrogens with one attached hydrogen (secondary N) is 1. The van der Waals surface area contributed by atoms with E-state index in [1.807, 2.05) is 13.8 Å². The van der Waals surface area contributed by atoms with Gasteiger partial charge in [0, 0.05) is 32.7 Å². The first-order valence-corrected chi connectivity index (χ1v) is 6.14. The molecule has 1 saturated heterocycles. The van der Waals surface area contributed by atoms with Gasteiger partial charge in [-0.3, -0.25) is 4.90 Å². The monoisotopic (exact) mass is 239 g/mol. The lowest BCUT2D eigenvalue weighted by Gasteiger charge is -2.29. The lowest BCUT2D eigenvalue weighted by atomic mass is 10.3. The molecule has 17 heavy (non-hydrogen) atoms. The maximum atomic E-state index is 10.0. The maximum absolute atomic E-state index is 10.0. The van der Waals surface area contributed by atoms with Gasteiger partial charge in [0.25, 0.3) is 0 Å². The molecule has 0 aliphatic carbocycles. The molecule has 0 bridgehead atoms. The van der Waals surface area contributed by atoms with Crippen molar-refractivity contribution in [2.24, 2.45) is 0 Å². The largest absolute Gasteiger partial charge is 0.390 e. The van der Waals surface area contributed by atoms with E-state index in [1.54, 1.807) is 4.68 Å². The average Bonchev–Trinajstić information content (AvgIpc) is 2.58. The zero-order valence-electron chi connectivity index (χ0n) is 10.6. The molecule has 96 valence electrons. The van der Waals surface area contributed by atoms with Crippen LogP contribution < -0.4 is 5.32 Å². The summed E-state index contributed by atoms with van der Waals surface area (Å²) in [7, 11) is 0. The van der Waals surface area contributed by atoms with E-state index >= 15 is 0 Å². The molecule has 1 aromatic rings. The number of hydrogen-bond donors (Lipinski definition) is 2. The molecular weight excluding hydrogens is 218 g/mol. The molecule has 6 heteroatoms. The number of piperazine rings is 1. The van der Waals surface area contributed by atoms with Gasteiger partial charge in [0.15, 0.2) is 0 Å². The van der Waals surface area contributed by atoms with Crippen LogP contribution in [0.4, 0.5) is 0 Å². The van der Waals surface area contributed by atoms with Crippen molar-refractivity contribution in [3.8, 4) is 0 Å². The fraction of sp³-hybridized carbons (Fsp3) is 0.818. The van der Waals surface area contributed by atoms with E-state index in [0.717, 1.165) is 37.8 Å². The lowest BCUT2D eigenvalue weighted by Crippen LogP contribution is -2.47. The molecule has 6 nitrogen and oxygen atoms in total. The SMILES string of the molecule is Cc1nc(C)n(CC(O)CN2CCNCC2)n1. The predicted octanol–water partition coefficient (Wildman–Crippen LogP) is -0.839. The van der Waals surface area contributed by atoms with E-state index in [2.05, 4.69) is 20.3 Å². The Morgan fingerprint density at radius 1 is 1.29 bits per heavy atom. The summed E-state index contributed by atoms with van der Waals surface area (Å²) in [5.74, 6) is 1.62. The van der Waals surface area contributed by atoms with Crippen molar-refractivity contribution in [1.29, 1.82) is 0 Å². The highest BCUT2D eigenvalue weighted by atomic mass is 16.3. The number of aromatic nitrogens is 3. The van der Waals surface area contributed by atoms with Gasteiger partial charge in [-0.2, -0.15) is 5.10 Å². The number of aliphatic hydroxyl groups is 1. The predicted molar refractivity (Wildman–Crippen MR) is 64.8 cm³/mol. The standard InChI is InChI=1S/C11H21N5O/c1-9-13-10(2)16(14-9)8-11(17)7-15-5-3-12-4-6-15/h11-12,17H,3-8H2,1-2H3. The molecule has 2 heterocycles. The van der Waals surface area contributed by atoms with Crippen molar-refractivity contribution in [1.82, 2.24) is 25.0 Å². The van der Waals surface area contributed by atoms with Crippen LogP contribution in [0.25, 0.3) is 0 Å².